The second-order valence-electron chi connectivity index (χ2n) is 13.4. The van der Waals surface area contributed by atoms with Crippen molar-refractivity contribution < 1.29 is 63.3 Å². The van der Waals surface area contributed by atoms with Crippen molar-refractivity contribution in [2.45, 2.75) is 75.2 Å². The smallest absolute Gasteiger partial charge is 0.389 e. The molecule has 2 atom stereocenters. The second kappa shape index (κ2) is 19.2. The van der Waals surface area contributed by atoms with E-state index in [0.717, 1.165) is 48.4 Å². The van der Waals surface area contributed by atoms with E-state index in [0.29, 0.717) is 11.6 Å². The van der Waals surface area contributed by atoms with Gasteiger partial charge in [0.25, 0.3) is 0 Å². The monoisotopic (exact) mass is 962 g/mol. The van der Waals surface area contributed by atoms with E-state index in [9.17, 15) is 53.5 Å². The largest absolute Gasteiger partial charge is 0.435 e. The third kappa shape index (κ3) is 13.2. The van der Waals surface area contributed by atoms with Crippen molar-refractivity contribution >= 4 is 79.2 Å². The Bertz CT molecular complexity index is 2190. The topological polar surface area (TPSA) is 130 Å². The molecular weight excluding hydrogens is 933 g/mol. The van der Waals surface area contributed by atoms with Gasteiger partial charge in [-0.15, -0.1) is 11.6 Å². The Morgan fingerprint density at radius 3 is 1.87 bits per heavy atom. The quantitative estimate of drug-likeness (QED) is 0.0748. The van der Waals surface area contributed by atoms with Crippen molar-refractivity contribution in [1.29, 1.82) is 0 Å². The summed E-state index contributed by atoms with van der Waals surface area (Å²) in [5, 5.41) is 11.0. The molecule has 1 N–H and O–H groups in total. The molecule has 2 unspecified atom stereocenters. The zero-order chi connectivity index (χ0) is 44.2. The number of fused-ring (bicyclic) bond motifs is 2. The normalized spacial score (nSPS) is 17.8. The molecule has 2 saturated heterocycles. The summed E-state index contributed by atoms with van der Waals surface area (Å²) in [6.45, 7) is -0.133. The van der Waals surface area contributed by atoms with Crippen LogP contribution in [0.5, 0.6) is 0 Å². The molecule has 0 radical (unpaired) electrons. The van der Waals surface area contributed by atoms with Gasteiger partial charge in [-0.3, -0.25) is 9.59 Å². The van der Waals surface area contributed by atoms with Crippen molar-refractivity contribution in [3.63, 3.8) is 0 Å². The summed E-state index contributed by atoms with van der Waals surface area (Å²) in [5.41, 5.74) is -1.48. The number of carbonyl (C=O) groups excluding carboxylic acids is 2. The SMILES string of the molecule is FC(F)(F)c1cn2nc(COCc3ccccc3)sc2n1.O=C1CC(CC(F)(F)Cl)CN1CCl.O=C1CC(CC(F)(F)Cl)CN1Cc1c(C(F)(F)F)nc2sc(CO)nn12. The minimum Gasteiger partial charge on any atom is -0.389 e. The molecule has 1 aromatic carbocycles. The number of likely N-dealkylation sites (tertiary alicyclic amines) is 2. The summed E-state index contributed by atoms with van der Waals surface area (Å²) in [6.07, 6.45) is -9.64. The Hall–Kier alpha value is -3.55. The van der Waals surface area contributed by atoms with Gasteiger partial charge in [-0.05, 0) is 40.6 Å². The molecule has 5 aromatic rings. The molecule has 27 heteroatoms. The van der Waals surface area contributed by atoms with Gasteiger partial charge < -0.3 is 19.6 Å². The predicted molar refractivity (Wildman–Crippen MR) is 197 cm³/mol. The molecule has 0 bridgehead atoms. The number of alkyl halides is 13. The number of carbonyl (C=O) groups is 2. The van der Waals surface area contributed by atoms with Crippen LogP contribution < -0.4 is 0 Å². The lowest BCUT2D eigenvalue weighted by Gasteiger charge is -2.18. The molecule has 2 aliphatic rings. The van der Waals surface area contributed by atoms with Crippen LogP contribution in [-0.4, -0.2) is 85.8 Å². The standard InChI is InChI=1S/C13H12ClF5N4O2S.C13H10F3N3OS.C7H9Cl2F2NO/c14-12(15,16)2-6-1-9(25)22(3-6)4-7-10(13(17,18)19)20-11-23(7)21-8(5-24)26-11;14-13(15,16)10-6-19-12(17-10)21-11(18-19)8-20-7-9-4-2-1-3-5-9;8-4-12-3-5(1-6(12)13)2-7(9,10)11/h6,24H,1-5H2;1-6H,7-8H2;5H,1-4H2. The number of ether oxygens (including phenoxy) is 1. The zero-order valence-corrected chi connectivity index (χ0v) is 34.3. The van der Waals surface area contributed by atoms with Gasteiger partial charge in [-0.25, -0.2) is 19.0 Å². The van der Waals surface area contributed by atoms with E-state index in [1.54, 1.807) is 0 Å². The number of benzene rings is 1. The lowest BCUT2D eigenvalue weighted by molar-refractivity contribution is -0.142. The highest BCUT2D eigenvalue weighted by molar-refractivity contribution is 7.17. The molecule has 330 valence electrons. The van der Waals surface area contributed by atoms with E-state index in [4.69, 9.17) is 44.6 Å². The number of rotatable bonds is 12. The van der Waals surface area contributed by atoms with Gasteiger partial charge in [-0.2, -0.15) is 54.1 Å². The zero-order valence-electron chi connectivity index (χ0n) is 30.4. The summed E-state index contributed by atoms with van der Waals surface area (Å²) < 4.78 is 135. The summed E-state index contributed by atoms with van der Waals surface area (Å²) >= 11 is 16.9. The van der Waals surface area contributed by atoms with Gasteiger partial charge in [0.15, 0.2) is 11.4 Å². The molecule has 2 amide bonds. The maximum absolute atomic E-state index is 13.2. The molecule has 0 spiro atoms. The van der Waals surface area contributed by atoms with E-state index < -0.39 is 72.3 Å². The number of amides is 2. The highest BCUT2D eigenvalue weighted by atomic mass is 35.5. The van der Waals surface area contributed by atoms with E-state index >= 15 is 0 Å². The van der Waals surface area contributed by atoms with Gasteiger partial charge >= 0.3 is 23.1 Å². The van der Waals surface area contributed by atoms with Gasteiger partial charge in [0.2, 0.25) is 21.7 Å². The number of hydrogen-bond donors (Lipinski definition) is 1. The number of imidazole rings is 2. The fourth-order valence-corrected chi connectivity index (χ4v) is 8.37. The average Bonchev–Trinajstić information content (AvgIpc) is 3.97. The van der Waals surface area contributed by atoms with Crippen molar-refractivity contribution in [3.8, 4) is 0 Å². The van der Waals surface area contributed by atoms with Gasteiger partial charge in [0.05, 0.1) is 37.7 Å². The van der Waals surface area contributed by atoms with Crippen LogP contribution in [0.2, 0.25) is 0 Å². The fraction of sp³-hybridized carbons (Fsp3) is 0.515. The van der Waals surface area contributed by atoms with Crippen molar-refractivity contribution in [1.82, 2.24) is 39.0 Å². The minimum absolute atomic E-state index is 0.0587. The van der Waals surface area contributed by atoms with E-state index in [-0.39, 0.29) is 71.0 Å². The first kappa shape index (κ1) is 47.5. The Morgan fingerprint density at radius 1 is 0.767 bits per heavy atom. The summed E-state index contributed by atoms with van der Waals surface area (Å²) in [6, 6.07) is 9.67. The van der Waals surface area contributed by atoms with Crippen LogP contribution in [-0.2, 0) is 53.0 Å². The highest BCUT2D eigenvalue weighted by Crippen LogP contribution is 2.37. The third-order valence-corrected chi connectivity index (χ3v) is 11.0. The number of nitrogens with zero attached hydrogens (tertiary/aromatic N) is 8. The maximum Gasteiger partial charge on any atom is 0.435 e. The second-order valence-corrected chi connectivity index (χ2v) is 16.8. The van der Waals surface area contributed by atoms with Gasteiger partial charge in [-0.1, -0.05) is 53.0 Å². The average molecular weight is 964 g/mol. The Kier molecular flexibility index (Phi) is 15.2. The molecular formula is C33H31Cl3F10N8O4S2. The first-order chi connectivity index (χ1) is 27.9. The lowest BCUT2D eigenvalue weighted by atomic mass is 10.1. The van der Waals surface area contributed by atoms with Crippen LogP contribution >= 0.6 is 57.5 Å². The molecule has 2 aliphatic heterocycles. The third-order valence-electron chi connectivity index (χ3n) is 8.57. The van der Waals surface area contributed by atoms with Crippen LogP contribution in [0.25, 0.3) is 9.92 Å². The molecule has 12 nitrogen and oxygen atoms in total. The molecule has 2 fully saturated rings. The first-order valence-corrected chi connectivity index (χ1v) is 20.2. The van der Waals surface area contributed by atoms with Crippen molar-refractivity contribution in [2.75, 3.05) is 19.1 Å². The molecule has 6 heterocycles. The number of hydrogen-bond acceptors (Lipinski definition) is 10. The number of aliphatic hydroxyl groups excluding tert-OH is 1. The fourth-order valence-electron chi connectivity index (χ4n) is 6.11. The first-order valence-electron chi connectivity index (χ1n) is 17.3. The lowest BCUT2D eigenvalue weighted by Crippen LogP contribution is -2.27. The molecule has 4 aromatic heterocycles. The molecule has 60 heavy (non-hydrogen) atoms. The summed E-state index contributed by atoms with van der Waals surface area (Å²) in [7, 11) is 0. The van der Waals surface area contributed by atoms with Gasteiger partial charge in [0.1, 0.15) is 16.6 Å². The molecule has 0 aliphatic carbocycles. The predicted octanol–water partition coefficient (Wildman–Crippen LogP) is 8.65. The van der Waals surface area contributed by atoms with Crippen LogP contribution in [0, 0.1) is 11.8 Å². The Morgan fingerprint density at radius 2 is 1.35 bits per heavy atom. The summed E-state index contributed by atoms with van der Waals surface area (Å²) in [5.74, 6) is -1.85. The minimum atomic E-state index is -4.77. The van der Waals surface area contributed by atoms with E-state index in [2.05, 4.69) is 20.2 Å². The Labute approximate surface area is 355 Å². The van der Waals surface area contributed by atoms with Crippen LogP contribution in [0.15, 0.2) is 36.5 Å². The highest BCUT2D eigenvalue weighted by Gasteiger charge is 2.42. The van der Waals surface area contributed by atoms with Crippen molar-refractivity contribution in [3.05, 3.63) is 69.2 Å². The number of aromatic nitrogens is 6. The molecule has 7 rings (SSSR count). The van der Waals surface area contributed by atoms with Crippen molar-refractivity contribution in [2.24, 2.45) is 11.8 Å². The van der Waals surface area contributed by atoms with Crippen LogP contribution in [0.1, 0.15) is 58.3 Å². The van der Waals surface area contributed by atoms with Crippen LogP contribution in [0.3, 0.4) is 0 Å². The van der Waals surface area contributed by atoms with Crippen LogP contribution in [0.4, 0.5) is 43.9 Å². The molecule has 0 saturated carbocycles. The van der Waals surface area contributed by atoms with E-state index in [1.807, 2.05) is 30.3 Å². The van der Waals surface area contributed by atoms with Gasteiger partial charge in [0, 0.05) is 38.8 Å². The summed E-state index contributed by atoms with van der Waals surface area (Å²) in [4.78, 5) is 32.6. The Balaban J connectivity index is 0.000000180. The van der Waals surface area contributed by atoms with E-state index in [1.165, 1.54) is 4.90 Å². The number of aliphatic hydroxyl groups is 1. The number of halogens is 13. The maximum atomic E-state index is 13.2.